The molecular weight excluding hydrogens is 264 g/mol. The van der Waals surface area contributed by atoms with E-state index in [0.29, 0.717) is 5.69 Å². The van der Waals surface area contributed by atoms with E-state index < -0.39 is 0 Å². The van der Waals surface area contributed by atoms with E-state index in [1.807, 2.05) is 24.3 Å². The summed E-state index contributed by atoms with van der Waals surface area (Å²) in [5, 5.41) is 2.80. The van der Waals surface area contributed by atoms with Crippen molar-refractivity contribution >= 4 is 23.0 Å². The number of nitrogen functional groups attached to an aromatic ring is 1. The molecule has 110 valence electrons. The van der Waals surface area contributed by atoms with Gasteiger partial charge in [-0.05, 0) is 50.2 Å². The summed E-state index contributed by atoms with van der Waals surface area (Å²) < 4.78 is 0. The van der Waals surface area contributed by atoms with Crippen LogP contribution in [0.3, 0.4) is 0 Å². The Labute approximate surface area is 124 Å². The standard InChI is InChI=1S/C16H20N4O/c1-3-20(4-2)13-9-7-12(8-10-13)19-16(21)15-14(17)6-5-11-18-15/h5-11H,3-4,17H2,1-2H3,(H,19,21). The number of hydrogen-bond donors (Lipinski definition) is 2. The Balaban J connectivity index is 2.10. The summed E-state index contributed by atoms with van der Waals surface area (Å²) in [7, 11) is 0. The van der Waals surface area contributed by atoms with Gasteiger partial charge in [-0.15, -0.1) is 0 Å². The number of hydrogen-bond acceptors (Lipinski definition) is 4. The van der Waals surface area contributed by atoms with Gasteiger partial charge >= 0.3 is 0 Å². The van der Waals surface area contributed by atoms with Crippen LogP contribution in [0.5, 0.6) is 0 Å². The van der Waals surface area contributed by atoms with Gasteiger partial charge in [0, 0.05) is 30.7 Å². The normalized spacial score (nSPS) is 10.2. The molecule has 0 aliphatic carbocycles. The van der Waals surface area contributed by atoms with Crippen molar-refractivity contribution in [1.82, 2.24) is 4.98 Å². The number of rotatable bonds is 5. The first-order valence-corrected chi connectivity index (χ1v) is 7.02. The number of carbonyl (C=O) groups excluding carboxylic acids is 1. The van der Waals surface area contributed by atoms with Crippen LogP contribution in [0.1, 0.15) is 24.3 Å². The summed E-state index contributed by atoms with van der Waals surface area (Å²) >= 11 is 0. The quantitative estimate of drug-likeness (QED) is 0.885. The SMILES string of the molecule is CCN(CC)c1ccc(NC(=O)c2ncccc2N)cc1. The number of nitrogens with two attached hydrogens (primary N) is 1. The molecule has 1 amide bonds. The van der Waals surface area contributed by atoms with Gasteiger partial charge in [0.1, 0.15) is 0 Å². The van der Waals surface area contributed by atoms with Crippen molar-refractivity contribution < 1.29 is 4.79 Å². The molecule has 1 aromatic carbocycles. The van der Waals surface area contributed by atoms with Gasteiger partial charge < -0.3 is 16.0 Å². The van der Waals surface area contributed by atoms with Crippen LogP contribution >= 0.6 is 0 Å². The molecule has 0 aliphatic rings. The monoisotopic (exact) mass is 284 g/mol. The van der Waals surface area contributed by atoms with E-state index in [1.165, 1.54) is 0 Å². The van der Waals surface area contributed by atoms with E-state index in [9.17, 15) is 4.79 Å². The van der Waals surface area contributed by atoms with Crippen LogP contribution in [0.25, 0.3) is 0 Å². The predicted octanol–water partition coefficient (Wildman–Crippen LogP) is 2.76. The van der Waals surface area contributed by atoms with Gasteiger partial charge in [-0.3, -0.25) is 4.79 Å². The fraction of sp³-hybridized carbons (Fsp3) is 0.250. The second kappa shape index (κ2) is 6.74. The zero-order valence-electron chi connectivity index (χ0n) is 12.3. The molecule has 0 spiro atoms. The van der Waals surface area contributed by atoms with Crippen molar-refractivity contribution in [3.05, 3.63) is 48.3 Å². The Bertz CT molecular complexity index is 606. The summed E-state index contributed by atoms with van der Waals surface area (Å²) in [6.07, 6.45) is 1.55. The summed E-state index contributed by atoms with van der Waals surface area (Å²) in [6, 6.07) is 11.1. The van der Waals surface area contributed by atoms with Crippen LogP contribution in [0.4, 0.5) is 17.1 Å². The summed E-state index contributed by atoms with van der Waals surface area (Å²) in [5.41, 5.74) is 8.21. The Morgan fingerprint density at radius 2 is 1.86 bits per heavy atom. The highest BCUT2D eigenvalue weighted by atomic mass is 16.1. The van der Waals surface area contributed by atoms with Gasteiger partial charge in [0.25, 0.3) is 5.91 Å². The van der Waals surface area contributed by atoms with Crippen molar-refractivity contribution in [3.63, 3.8) is 0 Å². The van der Waals surface area contributed by atoms with Crippen LogP contribution < -0.4 is 16.0 Å². The Morgan fingerprint density at radius 3 is 2.43 bits per heavy atom. The number of carbonyl (C=O) groups is 1. The van der Waals surface area contributed by atoms with E-state index in [1.54, 1.807) is 18.3 Å². The van der Waals surface area contributed by atoms with Gasteiger partial charge in [-0.1, -0.05) is 0 Å². The maximum Gasteiger partial charge on any atom is 0.276 e. The molecular formula is C16H20N4O. The van der Waals surface area contributed by atoms with Gasteiger partial charge in [0.15, 0.2) is 5.69 Å². The summed E-state index contributed by atoms with van der Waals surface area (Å²) in [6.45, 7) is 6.13. The summed E-state index contributed by atoms with van der Waals surface area (Å²) in [5.74, 6) is -0.302. The van der Waals surface area contributed by atoms with E-state index in [-0.39, 0.29) is 11.6 Å². The van der Waals surface area contributed by atoms with Crippen LogP contribution in [0.15, 0.2) is 42.6 Å². The number of aromatic nitrogens is 1. The number of nitrogens with zero attached hydrogens (tertiary/aromatic N) is 2. The fourth-order valence-corrected chi connectivity index (χ4v) is 2.14. The van der Waals surface area contributed by atoms with Crippen LogP contribution in [0, 0.1) is 0 Å². The molecule has 5 heteroatoms. The molecule has 2 aromatic rings. The number of pyridine rings is 1. The van der Waals surface area contributed by atoms with Crippen molar-refractivity contribution in [3.8, 4) is 0 Å². The van der Waals surface area contributed by atoms with Crippen molar-refractivity contribution in [2.75, 3.05) is 29.0 Å². The lowest BCUT2D eigenvalue weighted by atomic mass is 10.2. The minimum absolute atomic E-state index is 0.241. The Hall–Kier alpha value is -2.56. The van der Waals surface area contributed by atoms with E-state index in [4.69, 9.17) is 5.73 Å². The third kappa shape index (κ3) is 3.51. The van der Waals surface area contributed by atoms with Crippen LogP contribution in [-0.2, 0) is 0 Å². The second-order valence-corrected chi connectivity index (χ2v) is 4.61. The molecule has 0 unspecified atom stereocenters. The Morgan fingerprint density at radius 1 is 1.19 bits per heavy atom. The van der Waals surface area contributed by atoms with Crippen molar-refractivity contribution in [2.45, 2.75) is 13.8 Å². The second-order valence-electron chi connectivity index (χ2n) is 4.61. The van der Waals surface area contributed by atoms with Crippen LogP contribution in [-0.4, -0.2) is 24.0 Å². The average molecular weight is 284 g/mol. The first-order valence-electron chi connectivity index (χ1n) is 7.02. The minimum atomic E-state index is -0.302. The molecule has 3 N–H and O–H groups in total. The average Bonchev–Trinajstić information content (AvgIpc) is 2.50. The molecule has 0 fully saturated rings. The van der Waals surface area contributed by atoms with Gasteiger partial charge in [-0.25, -0.2) is 4.98 Å². The molecule has 0 radical (unpaired) electrons. The van der Waals surface area contributed by atoms with Gasteiger partial charge in [-0.2, -0.15) is 0 Å². The topological polar surface area (TPSA) is 71.2 Å². The third-order valence-corrected chi connectivity index (χ3v) is 3.31. The summed E-state index contributed by atoms with van der Waals surface area (Å²) in [4.78, 5) is 18.3. The molecule has 1 aromatic heterocycles. The fourth-order valence-electron chi connectivity index (χ4n) is 2.14. The largest absolute Gasteiger partial charge is 0.397 e. The zero-order chi connectivity index (χ0) is 15.2. The van der Waals surface area contributed by atoms with E-state index in [2.05, 4.69) is 29.0 Å². The lowest BCUT2D eigenvalue weighted by Gasteiger charge is -2.21. The molecule has 0 saturated heterocycles. The highest BCUT2D eigenvalue weighted by molar-refractivity contribution is 6.06. The predicted molar refractivity (Wildman–Crippen MR) is 86.6 cm³/mol. The maximum absolute atomic E-state index is 12.1. The molecule has 1 heterocycles. The number of nitrogens with one attached hydrogen (secondary N) is 1. The molecule has 2 rings (SSSR count). The number of benzene rings is 1. The minimum Gasteiger partial charge on any atom is -0.397 e. The molecule has 0 bridgehead atoms. The molecule has 0 atom stereocenters. The first kappa shape index (κ1) is 14.8. The lowest BCUT2D eigenvalue weighted by molar-refractivity contribution is 0.102. The number of anilines is 3. The highest BCUT2D eigenvalue weighted by Gasteiger charge is 2.11. The number of amides is 1. The van der Waals surface area contributed by atoms with Gasteiger partial charge in [0.05, 0.1) is 5.69 Å². The molecule has 21 heavy (non-hydrogen) atoms. The van der Waals surface area contributed by atoms with E-state index in [0.717, 1.165) is 24.5 Å². The first-order chi connectivity index (χ1) is 10.2. The maximum atomic E-state index is 12.1. The highest BCUT2D eigenvalue weighted by Crippen LogP contribution is 2.18. The molecule has 5 nitrogen and oxygen atoms in total. The molecule has 0 aliphatic heterocycles. The third-order valence-electron chi connectivity index (χ3n) is 3.31. The van der Waals surface area contributed by atoms with Crippen LogP contribution in [0.2, 0.25) is 0 Å². The smallest absolute Gasteiger partial charge is 0.276 e. The van der Waals surface area contributed by atoms with Crippen molar-refractivity contribution in [1.29, 1.82) is 0 Å². The zero-order valence-corrected chi connectivity index (χ0v) is 12.3. The lowest BCUT2D eigenvalue weighted by Crippen LogP contribution is -2.21. The van der Waals surface area contributed by atoms with E-state index >= 15 is 0 Å². The molecule has 0 saturated carbocycles. The van der Waals surface area contributed by atoms with Crippen molar-refractivity contribution in [2.24, 2.45) is 0 Å². The Kier molecular flexibility index (Phi) is 4.77. The van der Waals surface area contributed by atoms with Gasteiger partial charge in [0.2, 0.25) is 0 Å².